The highest BCUT2D eigenvalue weighted by Crippen LogP contribution is 2.38. The van der Waals surface area contributed by atoms with Gasteiger partial charge in [0.15, 0.2) is 6.61 Å². The van der Waals surface area contributed by atoms with Crippen LogP contribution in [0, 0.1) is 0 Å². The largest absolute Gasteiger partial charge is 0.451 e. The third kappa shape index (κ3) is 5.22. The number of primary amides is 1. The maximum absolute atomic E-state index is 12.3. The van der Waals surface area contributed by atoms with Gasteiger partial charge in [-0.3, -0.25) is 4.79 Å². The van der Waals surface area contributed by atoms with Crippen LogP contribution in [0.4, 0.5) is 0 Å². The van der Waals surface area contributed by atoms with Gasteiger partial charge in [0.25, 0.3) is 5.91 Å². The lowest BCUT2D eigenvalue weighted by molar-refractivity contribution is -0.121. The van der Waals surface area contributed by atoms with Crippen molar-refractivity contribution in [1.82, 2.24) is 4.90 Å². The molecule has 1 aromatic carbocycles. The number of rotatable bonds is 6. The Balaban J connectivity index is 0.00000280. The van der Waals surface area contributed by atoms with Crippen LogP contribution in [-0.4, -0.2) is 44.0 Å². The first-order chi connectivity index (χ1) is 13.0. The van der Waals surface area contributed by atoms with Crippen LogP contribution in [0.5, 0.6) is 0 Å². The minimum absolute atomic E-state index is 0. The fourth-order valence-electron chi connectivity index (χ4n) is 3.23. The third-order valence-electron chi connectivity index (χ3n) is 4.50. The number of thiophene rings is 1. The molecule has 0 spiro atoms. The van der Waals surface area contributed by atoms with Crippen molar-refractivity contribution in [3.05, 3.63) is 62.9 Å². The summed E-state index contributed by atoms with van der Waals surface area (Å²) in [5.74, 6) is -1.15. The van der Waals surface area contributed by atoms with Crippen molar-refractivity contribution < 1.29 is 14.3 Å². The fraction of sp³-hybridized carbons (Fsp3) is 0.333. The number of nitrogens with zero attached hydrogens (tertiary/aromatic N) is 1. The van der Waals surface area contributed by atoms with E-state index in [4.69, 9.17) is 10.5 Å². The van der Waals surface area contributed by atoms with Crippen molar-refractivity contribution in [2.75, 3.05) is 27.2 Å². The molecule has 0 saturated carbocycles. The molecule has 0 saturated heterocycles. The predicted molar refractivity (Wildman–Crippen MR) is 115 cm³/mol. The summed E-state index contributed by atoms with van der Waals surface area (Å²) in [6, 6.07) is 10.3. The summed E-state index contributed by atoms with van der Waals surface area (Å²) >= 11 is 1.44. The standard InChI is InChI=1S/C21H24N2O3S.ClH/c1-23(2)11-5-8-16-15-7-4-3-6-14(15)9-10-18-17(16)12-19(27-18)21(25)26-13-20(22)24;/h3-4,6-8,12H,5,9-11,13H2,1-2H3,(H2,22,24);1H/b16-8-;. The second-order valence-corrected chi connectivity index (χ2v) is 7.99. The molecule has 1 heterocycles. The van der Waals surface area contributed by atoms with Gasteiger partial charge in [-0.2, -0.15) is 0 Å². The van der Waals surface area contributed by atoms with Gasteiger partial charge in [0.2, 0.25) is 0 Å². The molecular formula is C21H25ClN2O3S. The van der Waals surface area contributed by atoms with Crippen LogP contribution in [-0.2, 0) is 22.4 Å². The summed E-state index contributed by atoms with van der Waals surface area (Å²) in [7, 11) is 4.12. The minimum atomic E-state index is -0.653. The highest BCUT2D eigenvalue weighted by Gasteiger charge is 2.23. The number of fused-ring (bicyclic) bond motifs is 2. The molecule has 3 rings (SSSR count). The van der Waals surface area contributed by atoms with E-state index < -0.39 is 18.5 Å². The van der Waals surface area contributed by atoms with E-state index in [1.54, 1.807) is 0 Å². The number of aryl methyl sites for hydroxylation is 2. The van der Waals surface area contributed by atoms with E-state index in [0.29, 0.717) is 4.88 Å². The second kappa shape index (κ2) is 9.87. The number of carbonyl (C=O) groups excluding carboxylic acids is 2. The Labute approximate surface area is 175 Å². The first-order valence-electron chi connectivity index (χ1n) is 8.97. The summed E-state index contributed by atoms with van der Waals surface area (Å²) < 4.78 is 4.99. The van der Waals surface area contributed by atoms with Crippen LogP contribution < -0.4 is 5.73 Å². The molecule has 7 heteroatoms. The van der Waals surface area contributed by atoms with Crippen molar-refractivity contribution in [1.29, 1.82) is 0 Å². The predicted octanol–water partition coefficient (Wildman–Crippen LogP) is 3.29. The molecule has 28 heavy (non-hydrogen) atoms. The zero-order chi connectivity index (χ0) is 19.4. The van der Waals surface area contributed by atoms with Crippen molar-refractivity contribution in [3.63, 3.8) is 0 Å². The fourth-order valence-corrected chi connectivity index (χ4v) is 4.30. The molecule has 1 aliphatic carbocycles. The minimum Gasteiger partial charge on any atom is -0.451 e. The molecule has 1 aromatic heterocycles. The van der Waals surface area contributed by atoms with Crippen LogP contribution >= 0.6 is 23.7 Å². The van der Waals surface area contributed by atoms with Crippen molar-refractivity contribution >= 4 is 41.2 Å². The SMILES string of the molecule is CN(C)CC/C=C1/c2ccccc2CCc2sc(C(=O)OCC(N)=O)cc21.Cl. The second-order valence-electron chi connectivity index (χ2n) is 6.86. The molecule has 0 unspecified atom stereocenters. The van der Waals surface area contributed by atoms with Gasteiger partial charge in [0, 0.05) is 11.4 Å². The molecule has 0 radical (unpaired) electrons. The van der Waals surface area contributed by atoms with Crippen LogP contribution in [0.25, 0.3) is 5.57 Å². The summed E-state index contributed by atoms with van der Waals surface area (Å²) in [5.41, 5.74) is 9.88. The topological polar surface area (TPSA) is 72.6 Å². The smallest absolute Gasteiger partial charge is 0.348 e. The number of nitrogens with two attached hydrogens (primary N) is 1. The zero-order valence-corrected chi connectivity index (χ0v) is 17.7. The number of ether oxygens (including phenoxy) is 1. The maximum Gasteiger partial charge on any atom is 0.348 e. The summed E-state index contributed by atoms with van der Waals surface area (Å²) in [6.07, 6.45) is 5.00. The Kier molecular flexibility index (Phi) is 7.80. The Morgan fingerprint density at radius 1 is 1.21 bits per heavy atom. The molecule has 0 fully saturated rings. The monoisotopic (exact) mass is 420 g/mol. The maximum atomic E-state index is 12.3. The summed E-state index contributed by atoms with van der Waals surface area (Å²) in [4.78, 5) is 27.0. The molecule has 5 nitrogen and oxygen atoms in total. The van der Waals surface area contributed by atoms with Gasteiger partial charge in [-0.15, -0.1) is 23.7 Å². The lowest BCUT2D eigenvalue weighted by Gasteiger charge is -2.11. The molecular weight excluding hydrogens is 396 g/mol. The number of hydrogen-bond donors (Lipinski definition) is 1. The number of amides is 1. The van der Waals surface area contributed by atoms with E-state index in [1.165, 1.54) is 32.9 Å². The van der Waals surface area contributed by atoms with Crippen LogP contribution in [0.15, 0.2) is 36.4 Å². The van der Waals surface area contributed by atoms with Gasteiger partial charge in [-0.25, -0.2) is 4.79 Å². The number of carbonyl (C=O) groups is 2. The first kappa shape index (κ1) is 22.1. The summed E-state index contributed by atoms with van der Waals surface area (Å²) in [6.45, 7) is 0.564. The number of benzene rings is 1. The Morgan fingerprint density at radius 3 is 2.68 bits per heavy atom. The van der Waals surface area contributed by atoms with E-state index >= 15 is 0 Å². The quantitative estimate of drug-likeness (QED) is 0.728. The van der Waals surface area contributed by atoms with Crippen LogP contribution in [0.1, 0.15) is 37.7 Å². The van der Waals surface area contributed by atoms with E-state index in [2.05, 4.69) is 49.3 Å². The zero-order valence-electron chi connectivity index (χ0n) is 16.1. The number of esters is 1. The average molecular weight is 421 g/mol. The van der Waals surface area contributed by atoms with Gasteiger partial charge < -0.3 is 15.4 Å². The Morgan fingerprint density at radius 2 is 1.96 bits per heavy atom. The van der Waals surface area contributed by atoms with Gasteiger partial charge in [0.05, 0.1) is 0 Å². The molecule has 1 amide bonds. The van der Waals surface area contributed by atoms with Crippen molar-refractivity contribution in [2.24, 2.45) is 5.73 Å². The Hall–Kier alpha value is -2.15. The molecule has 0 bridgehead atoms. The molecule has 2 aromatic rings. The van der Waals surface area contributed by atoms with Gasteiger partial charge >= 0.3 is 5.97 Å². The van der Waals surface area contributed by atoms with Crippen molar-refractivity contribution in [3.8, 4) is 0 Å². The van der Waals surface area contributed by atoms with Crippen LogP contribution in [0.2, 0.25) is 0 Å². The van der Waals surface area contributed by atoms with Gasteiger partial charge in [-0.1, -0.05) is 30.3 Å². The van der Waals surface area contributed by atoms with E-state index in [1.807, 2.05) is 6.07 Å². The molecule has 0 atom stereocenters. The number of halogens is 1. The lowest BCUT2D eigenvalue weighted by Crippen LogP contribution is -2.20. The van der Waals surface area contributed by atoms with Crippen molar-refractivity contribution in [2.45, 2.75) is 19.3 Å². The molecule has 150 valence electrons. The normalized spacial score (nSPS) is 14.0. The third-order valence-corrected chi connectivity index (χ3v) is 5.67. The van der Waals surface area contributed by atoms with Crippen LogP contribution in [0.3, 0.4) is 0 Å². The van der Waals surface area contributed by atoms with Gasteiger partial charge in [-0.05, 0) is 61.7 Å². The molecule has 2 N–H and O–H groups in total. The molecule has 0 aliphatic heterocycles. The average Bonchev–Trinajstić information content (AvgIpc) is 3.00. The Bertz CT molecular complexity index is 890. The highest BCUT2D eigenvalue weighted by molar-refractivity contribution is 7.14. The lowest BCUT2D eigenvalue weighted by atomic mass is 9.95. The molecule has 1 aliphatic rings. The van der Waals surface area contributed by atoms with Gasteiger partial charge in [0.1, 0.15) is 4.88 Å². The van der Waals surface area contributed by atoms with E-state index in [0.717, 1.165) is 31.4 Å². The van der Waals surface area contributed by atoms with E-state index in [-0.39, 0.29) is 12.4 Å². The highest BCUT2D eigenvalue weighted by atomic mass is 35.5. The summed E-state index contributed by atoms with van der Waals surface area (Å²) in [5, 5.41) is 0. The first-order valence-corrected chi connectivity index (χ1v) is 9.79. The number of hydrogen-bond acceptors (Lipinski definition) is 5. The van der Waals surface area contributed by atoms with E-state index in [9.17, 15) is 9.59 Å².